The number of rotatable bonds is 2. The van der Waals surface area contributed by atoms with Crippen molar-refractivity contribution in [1.29, 1.82) is 0 Å². The van der Waals surface area contributed by atoms with Crippen molar-refractivity contribution in [1.82, 2.24) is 0 Å². The average molecular weight is 206 g/mol. The molecule has 0 spiro atoms. The Morgan fingerprint density at radius 1 is 1.23 bits per heavy atom. The molecule has 1 aromatic rings. The summed E-state index contributed by atoms with van der Waals surface area (Å²) in [5.41, 5.74) is 1.51. The van der Waals surface area contributed by atoms with Crippen LogP contribution in [0.4, 0.5) is 0 Å². The molecule has 0 saturated heterocycles. The normalized spacial score (nSPS) is 9.46. The fraction of sp³-hybridized carbons (Fsp3) is 0.300. The van der Waals surface area contributed by atoms with E-state index in [0.717, 1.165) is 0 Å². The predicted molar refractivity (Wildman–Crippen MR) is 56.0 cm³/mol. The van der Waals surface area contributed by atoms with Crippen LogP contribution in [-0.4, -0.2) is 48.8 Å². The minimum absolute atomic E-state index is 0. The van der Waals surface area contributed by atoms with Crippen molar-refractivity contribution < 1.29 is 9.90 Å². The number of carboxylic acids is 1. The van der Waals surface area contributed by atoms with Crippen LogP contribution in [0.5, 0.6) is 0 Å². The number of aromatic carboxylic acids is 1. The van der Waals surface area contributed by atoms with E-state index in [4.69, 9.17) is 5.11 Å². The van der Waals surface area contributed by atoms with E-state index in [1.807, 2.05) is 12.1 Å². The number of carbonyl (C=O) groups is 1. The topological polar surface area (TPSA) is 37.3 Å². The summed E-state index contributed by atoms with van der Waals surface area (Å²) in [6, 6.07) is 6.98. The van der Waals surface area contributed by atoms with Gasteiger partial charge in [-0.25, -0.2) is 4.79 Å². The zero-order valence-electron chi connectivity index (χ0n) is 7.24. The van der Waals surface area contributed by atoms with Crippen molar-refractivity contribution in [3.05, 3.63) is 35.4 Å². The van der Waals surface area contributed by atoms with Crippen molar-refractivity contribution in [2.75, 3.05) is 0 Å². The van der Waals surface area contributed by atoms with Crippen LogP contribution < -0.4 is 0 Å². The minimum atomic E-state index is -0.870. The number of carboxylic acid groups (broad SMARTS) is 1. The first-order valence-electron chi connectivity index (χ1n) is 3.94. The molecule has 0 aliphatic rings. The van der Waals surface area contributed by atoms with Crippen LogP contribution >= 0.6 is 0 Å². The van der Waals surface area contributed by atoms with E-state index in [9.17, 15) is 4.79 Å². The quantitative estimate of drug-likeness (QED) is 0.746. The summed E-state index contributed by atoms with van der Waals surface area (Å²) in [5, 5.41) is 8.61. The summed E-state index contributed by atoms with van der Waals surface area (Å²) in [6.07, 6.45) is 0. The average Bonchev–Trinajstić information content (AvgIpc) is 2.04. The van der Waals surface area contributed by atoms with Crippen LogP contribution in [0.3, 0.4) is 0 Å². The van der Waals surface area contributed by atoms with Gasteiger partial charge < -0.3 is 5.11 Å². The van der Waals surface area contributed by atoms with Gasteiger partial charge in [-0.2, -0.15) is 0 Å². The summed E-state index contributed by atoms with van der Waals surface area (Å²) in [4.78, 5) is 10.5. The Labute approximate surface area is 108 Å². The van der Waals surface area contributed by atoms with Crippen molar-refractivity contribution in [3.8, 4) is 0 Å². The molecule has 0 aliphatic carbocycles. The first-order valence-corrected chi connectivity index (χ1v) is 3.94. The van der Waals surface area contributed by atoms with Gasteiger partial charge in [0, 0.05) is 0 Å². The maximum absolute atomic E-state index is 10.5. The molecule has 3 heteroatoms. The van der Waals surface area contributed by atoms with E-state index in [1.54, 1.807) is 12.1 Å². The van der Waals surface area contributed by atoms with Crippen LogP contribution in [0.2, 0.25) is 0 Å². The van der Waals surface area contributed by atoms with E-state index in [2.05, 4.69) is 13.8 Å². The third kappa shape index (κ3) is 3.67. The molecule has 68 valence electrons. The standard InChI is InChI=1S/C10H12O2.Ca.2H/c1-7(2)8-3-5-9(6-4-8)10(11)12;;;/h3-7H,1-2H3,(H,11,12);;;. The molecule has 0 bridgehead atoms. The molecule has 0 unspecified atom stereocenters. The summed E-state index contributed by atoms with van der Waals surface area (Å²) in [7, 11) is 0. The van der Waals surface area contributed by atoms with Gasteiger partial charge in [-0.3, -0.25) is 0 Å². The molecule has 0 saturated carbocycles. The molecule has 13 heavy (non-hydrogen) atoms. The van der Waals surface area contributed by atoms with E-state index in [0.29, 0.717) is 11.5 Å². The van der Waals surface area contributed by atoms with Crippen LogP contribution in [0.1, 0.15) is 35.7 Å². The molecule has 0 aliphatic heterocycles. The summed E-state index contributed by atoms with van der Waals surface area (Å²) in [5.74, 6) is -0.418. The second kappa shape index (κ2) is 5.63. The first-order chi connectivity index (χ1) is 5.61. The zero-order chi connectivity index (χ0) is 9.14. The number of benzene rings is 1. The molecule has 1 rings (SSSR count). The molecule has 0 amide bonds. The molecule has 0 fully saturated rings. The second-order valence-electron chi connectivity index (χ2n) is 3.08. The van der Waals surface area contributed by atoms with Crippen molar-refractivity contribution in [2.24, 2.45) is 0 Å². The van der Waals surface area contributed by atoms with Crippen molar-refractivity contribution in [2.45, 2.75) is 19.8 Å². The van der Waals surface area contributed by atoms with E-state index in [1.165, 1.54) is 5.56 Å². The molecule has 0 heterocycles. The van der Waals surface area contributed by atoms with Gasteiger partial charge in [0.25, 0.3) is 0 Å². The van der Waals surface area contributed by atoms with Gasteiger partial charge in [0.2, 0.25) is 0 Å². The Morgan fingerprint density at radius 2 is 1.69 bits per heavy atom. The van der Waals surface area contributed by atoms with E-state index < -0.39 is 5.97 Å². The second-order valence-corrected chi connectivity index (χ2v) is 3.08. The van der Waals surface area contributed by atoms with Crippen molar-refractivity contribution in [3.63, 3.8) is 0 Å². The Kier molecular flexibility index (Phi) is 5.61. The van der Waals surface area contributed by atoms with Crippen molar-refractivity contribution >= 4 is 43.7 Å². The van der Waals surface area contributed by atoms with Gasteiger partial charge in [-0.05, 0) is 23.6 Å². The Bertz CT molecular complexity index is 277. The number of hydrogen-bond donors (Lipinski definition) is 1. The van der Waals surface area contributed by atoms with Crippen LogP contribution in [0.15, 0.2) is 24.3 Å². The van der Waals surface area contributed by atoms with Gasteiger partial charge in [0.1, 0.15) is 0 Å². The van der Waals surface area contributed by atoms with E-state index >= 15 is 0 Å². The molecule has 1 aromatic carbocycles. The fourth-order valence-electron chi connectivity index (χ4n) is 1.01. The fourth-order valence-corrected chi connectivity index (χ4v) is 1.01. The third-order valence-corrected chi connectivity index (χ3v) is 1.82. The molecular weight excluding hydrogens is 192 g/mol. The van der Waals surface area contributed by atoms with Gasteiger partial charge >= 0.3 is 43.7 Å². The van der Waals surface area contributed by atoms with Crippen LogP contribution in [0, 0.1) is 0 Å². The predicted octanol–water partition coefficient (Wildman–Crippen LogP) is 1.59. The Morgan fingerprint density at radius 3 is 2.00 bits per heavy atom. The molecule has 0 radical (unpaired) electrons. The Hall–Kier alpha value is -0.0503. The summed E-state index contributed by atoms with van der Waals surface area (Å²) < 4.78 is 0. The molecule has 0 atom stereocenters. The monoisotopic (exact) mass is 206 g/mol. The molecule has 2 nitrogen and oxygen atoms in total. The molecule has 1 N–H and O–H groups in total. The SMILES string of the molecule is CC(C)c1ccc(C(=O)O)cc1.[CaH2]. The molecular formula is C10H14CaO2. The van der Waals surface area contributed by atoms with Gasteiger partial charge in [-0.1, -0.05) is 26.0 Å². The first kappa shape index (κ1) is 12.9. The van der Waals surface area contributed by atoms with Gasteiger partial charge in [0.15, 0.2) is 0 Å². The summed E-state index contributed by atoms with van der Waals surface area (Å²) in [6.45, 7) is 4.16. The zero-order valence-corrected chi connectivity index (χ0v) is 7.24. The number of hydrogen-bond acceptors (Lipinski definition) is 1. The van der Waals surface area contributed by atoms with E-state index in [-0.39, 0.29) is 37.7 Å². The van der Waals surface area contributed by atoms with Crippen LogP contribution in [-0.2, 0) is 0 Å². The third-order valence-electron chi connectivity index (χ3n) is 1.82. The van der Waals surface area contributed by atoms with Gasteiger partial charge in [0.05, 0.1) is 5.56 Å². The maximum atomic E-state index is 10.5. The molecule has 0 aromatic heterocycles. The van der Waals surface area contributed by atoms with Crippen LogP contribution in [0.25, 0.3) is 0 Å². The Balaban J connectivity index is 0.00000144. The van der Waals surface area contributed by atoms with Gasteiger partial charge in [-0.15, -0.1) is 0 Å². The summed E-state index contributed by atoms with van der Waals surface area (Å²) >= 11 is 0.